The first kappa shape index (κ1) is 24.6. The van der Waals surface area contributed by atoms with Crippen LogP contribution in [0.25, 0.3) is 0 Å². The predicted octanol–water partition coefficient (Wildman–Crippen LogP) is 4.53. The number of likely N-dealkylation sites (tertiary alicyclic amines) is 1. The normalized spacial score (nSPS) is 22.0. The molecule has 0 radical (unpaired) electrons. The molecular formula is C25H35IN4O2. The van der Waals surface area contributed by atoms with Gasteiger partial charge in [0, 0.05) is 44.9 Å². The van der Waals surface area contributed by atoms with Crippen molar-refractivity contribution in [1.82, 2.24) is 15.5 Å². The fourth-order valence-corrected chi connectivity index (χ4v) is 4.82. The summed E-state index contributed by atoms with van der Waals surface area (Å²) in [6.07, 6.45) is 9.32. The standard InChI is InChI=1S/C25H34N4O2.HI/c1-29-23(30)17-20(24(29)19-9-4-2-5-10-19)18-27-25(28-21-11-6-3-7-12-21)26-15-14-22-13-8-16-31-22;/h2,4-5,8-10,13,16,20-21,24H,3,6-7,11-12,14-15,17-18H2,1H3,(H2,26,27,28);1H. The number of hydrogen-bond donors (Lipinski definition) is 2. The molecule has 1 saturated carbocycles. The number of rotatable bonds is 7. The first-order chi connectivity index (χ1) is 15.2. The number of carbonyl (C=O) groups is 1. The Morgan fingerprint density at radius 1 is 1.12 bits per heavy atom. The Kier molecular flexibility index (Phi) is 9.44. The highest BCUT2D eigenvalue weighted by molar-refractivity contribution is 14.0. The Bertz CT molecular complexity index is 850. The number of halogens is 1. The van der Waals surface area contributed by atoms with Gasteiger partial charge >= 0.3 is 0 Å². The van der Waals surface area contributed by atoms with Gasteiger partial charge in [0.15, 0.2) is 5.96 Å². The van der Waals surface area contributed by atoms with E-state index >= 15 is 0 Å². The second-order valence-electron chi connectivity index (χ2n) is 8.75. The van der Waals surface area contributed by atoms with Gasteiger partial charge in [-0.1, -0.05) is 49.6 Å². The number of amides is 1. The van der Waals surface area contributed by atoms with Crippen LogP contribution >= 0.6 is 24.0 Å². The maximum absolute atomic E-state index is 12.5. The number of nitrogens with zero attached hydrogens (tertiary/aromatic N) is 2. The van der Waals surface area contributed by atoms with Crippen LogP contribution in [0.2, 0.25) is 0 Å². The zero-order chi connectivity index (χ0) is 21.5. The van der Waals surface area contributed by atoms with Gasteiger partial charge in [-0.15, -0.1) is 24.0 Å². The topological polar surface area (TPSA) is 69.9 Å². The Labute approximate surface area is 208 Å². The molecule has 1 amide bonds. The molecule has 0 bridgehead atoms. The van der Waals surface area contributed by atoms with Crippen LogP contribution in [0.15, 0.2) is 58.1 Å². The molecule has 1 aromatic heterocycles. The highest BCUT2D eigenvalue weighted by Gasteiger charge is 2.38. The summed E-state index contributed by atoms with van der Waals surface area (Å²) < 4.78 is 5.45. The van der Waals surface area contributed by atoms with Crippen LogP contribution in [-0.2, 0) is 11.2 Å². The van der Waals surface area contributed by atoms with Crippen molar-refractivity contribution < 1.29 is 9.21 Å². The maximum atomic E-state index is 12.5. The van der Waals surface area contributed by atoms with Crippen molar-refractivity contribution >= 4 is 35.8 Å². The maximum Gasteiger partial charge on any atom is 0.223 e. The molecule has 1 saturated heterocycles. The Hall–Kier alpha value is -2.03. The van der Waals surface area contributed by atoms with Crippen molar-refractivity contribution in [2.45, 2.75) is 57.0 Å². The monoisotopic (exact) mass is 550 g/mol. The van der Waals surface area contributed by atoms with Gasteiger partial charge in [0.05, 0.1) is 12.3 Å². The van der Waals surface area contributed by atoms with Crippen LogP contribution in [-0.4, -0.2) is 42.9 Å². The Morgan fingerprint density at radius 2 is 1.91 bits per heavy atom. The van der Waals surface area contributed by atoms with Crippen LogP contribution in [0.3, 0.4) is 0 Å². The van der Waals surface area contributed by atoms with Crippen LogP contribution in [0.4, 0.5) is 0 Å². The van der Waals surface area contributed by atoms with Crippen LogP contribution in [0.1, 0.15) is 55.9 Å². The van der Waals surface area contributed by atoms with E-state index < -0.39 is 0 Å². The van der Waals surface area contributed by atoms with E-state index in [1.165, 1.54) is 37.7 Å². The predicted molar refractivity (Wildman–Crippen MR) is 138 cm³/mol. The minimum absolute atomic E-state index is 0. The van der Waals surface area contributed by atoms with Crippen molar-refractivity contribution in [1.29, 1.82) is 0 Å². The number of carbonyl (C=O) groups excluding carboxylic acids is 1. The van der Waals surface area contributed by atoms with Gasteiger partial charge in [-0.05, 0) is 30.5 Å². The van der Waals surface area contributed by atoms with Crippen molar-refractivity contribution in [2.24, 2.45) is 10.9 Å². The van der Waals surface area contributed by atoms with E-state index in [1.807, 2.05) is 42.3 Å². The molecule has 2 atom stereocenters. The number of furan rings is 1. The second kappa shape index (κ2) is 12.3. The lowest BCUT2D eigenvalue weighted by molar-refractivity contribution is -0.127. The van der Waals surface area contributed by atoms with Crippen LogP contribution in [0, 0.1) is 5.92 Å². The average molecular weight is 550 g/mol. The third kappa shape index (κ3) is 6.49. The summed E-state index contributed by atoms with van der Waals surface area (Å²) in [5.74, 6) is 2.19. The van der Waals surface area contributed by atoms with E-state index in [0.717, 1.165) is 24.7 Å². The zero-order valence-corrected chi connectivity index (χ0v) is 21.2. The van der Waals surface area contributed by atoms with Crippen molar-refractivity contribution in [3.05, 3.63) is 60.1 Å². The van der Waals surface area contributed by atoms with E-state index in [4.69, 9.17) is 9.41 Å². The summed E-state index contributed by atoms with van der Waals surface area (Å²) in [5.41, 5.74) is 1.18. The molecule has 174 valence electrons. The van der Waals surface area contributed by atoms with E-state index in [2.05, 4.69) is 22.8 Å². The number of nitrogens with one attached hydrogen (secondary N) is 2. The van der Waals surface area contributed by atoms with Crippen LogP contribution < -0.4 is 10.6 Å². The molecule has 2 aromatic rings. The Balaban J connectivity index is 0.00000289. The molecule has 1 aliphatic carbocycles. The third-order valence-electron chi connectivity index (χ3n) is 6.51. The Morgan fingerprint density at radius 3 is 2.62 bits per heavy atom. The van der Waals surface area contributed by atoms with E-state index in [1.54, 1.807) is 6.26 Å². The number of guanidine groups is 1. The summed E-state index contributed by atoms with van der Waals surface area (Å²) >= 11 is 0. The molecule has 2 N–H and O–H groups in total. The van der Waals surface area contributed by atoms with Gasteiger partial charge in [0.25, 0.3) is 0 Å². The second-order valence-corrected chi connectivity index (χ2v) is 8.75. The summed E-state index contributed by atoms with van der Waals surface area (Å²) in [5, 5.41) is 7.13. The molecule has 2 heterocycles. The molecule has 7 heteroatoms. The fraction of sp³-hybridized carbons (Fsp3) is 0.520. The summed E-state index contributed by atoms with van der Waals surface area (Å²) in [6.45, 7) is 1.39. The first-order valence-corrected chi connectivity index (χ1v) is 11.6. The van der Waals surface area contributed by atoms with E-state index in [0.29, 0.717) is 19.0 Å². The summed E-state index contributed by atoms with van der Waals surface area (Å²) in [4.78, 5) is 19.3. The van der Waals surface area contributed by atoms with Gasteiger partial charge in [-0.2, -0.15) is 0 Å². The molecule has 2 unspecified atom stereocenters. The molecule has 1 aromatic carbocycles. The summed E-state index contributed by atoms with van der Waals surface area (Å²) in [6, 6.07) is 14.8. The molecule has 32 heavy (non-hydrogen) atoms. The van der Waals surface area contributed by atoms with Gasteiger partial charge in [-0.3, -0.25) is 9.79 Å². The fourth-order valence-electron chi connectivity index (χ4n) is 4.82. The molecular weight excluding hydrogens is 515 g/mol. The van der Waals surface area contributed by atoms with Crippen LogP contribution in [0.5, 0.6) is 0 Å². The molecule has 2 aliphatic rings. The number of aliphatic imine (C=N–C) groups is 1. The van der Waals surface area contributed by atoms with Crippen molar-refractivity contribution in [2.75, 3.05) is 20.1 Å². The minimum atomic E-state index is 0. The van der Waals surface area contributed by atoms with Gasteiger partial charge in [-0.25, -0.2) is 0 Å². The minimum Gasteiger partial charge on any atom is -0.469 e. The lowest BCUT2D eigenvalue weighted by Gasteiger charge is -2.26. The van der Waals surface area contributed by atoms with Crippen molar-refractivity contribution in [3.63, 3.8) is 0 Å². The number of hydrogen-bond acceptors (Lipinski definition) is 3. The van der Waals surface area contributed by atoms with Crippen molar-refractivity contribution in [3.8, 4) is 0 Å². The molecule has 6 nitrogen and oxygen atoms in total. The largest absolute Gasteiger partial charge is 0.469 e. The number of benzene rings is 1. The molecule has 0 spiro atoms. The third-order valence-corrected chi connectivity index (χ3v) is 6.51. The highest BCUT2D eigenvalue weighted by Crippen LogP contribution is 2.37. The summed E-state index contributed by atoms with van der Waals surface area (Å²) in [7, 11) is 1.91. The lowest BCUT2D eigenvalue weighted by Crippen LogP contribution is -2.45. The van der Waals surface area contributed by atoms with Gasteiger partial charge in [0.1, 0.15) is 5.76 Å². The van der Waals surface area contributed by atoms with Gasteiger partial charge in [0.2, 0.25) is 5.91 Å². The SMILES string of the molecule is CN1C(=O)CC(CN=C(NCCc2ccco2)NC2CCCCC2)C1c1ccccc1.I. The average Bonchev–Trinajstić information content (AvgIpc) is 3.41. The first-order valence-electron chi connectivity index (χ1n) is 11.6. The molecule has 4 rings (SSSR count). The van der Waals surface area contributed by atoms with E-state index in [9.17, 15) is 4.79 Å². The van der Waals surface area contributed by atoms with Gasteiger partial charge < -0.3 is 20.0 Å². The van der Waals surface area contributed by atoms with E-state index in [-0.39, 0.29) is 41.8 Å². The zero-order valence-electron chi connectivity index (χ0n) is 18.8. The molecule has 2 fully saturated rings. The smallest absolute Gasteiger partial charge is 0.223 e. The lowest BCUT2D eigenvalue weighted by atomic mass is 9.94. The molecule has 1 aliphatic heterocycles. The quantitative estimate of drug-likeness (QED) is 0.302. The highest BCUT2D eigenvalue weighted by atomic mass is 127.